The van der Waals surface area contributed by atoms with E-state index in [1.807, 2.05) is 19.1 Å². The third-order valence-corrected chi connectivity index (χ3v) is 6.33. The Hall–Kier alpha value is -3.63. The van der Waals surface area contributed by atoms with Crippen LogP contribution in [-0.2, 0) is 0 Å². The number of rotatable bonds is 2. The van der Waals surface area contributed by atoms with Crippen LogP contribution in [0.5, 0.6) is 0 Å². The maximum Gasteiger partial charge on any atom is 0.407 e. The molecular formula is C24H21ClN4O3. The van der Waals surface area contributed by atoms with E-state index in [1.165, 1.54) is 4.90 Å². The molecule has 1 saturated heterocycles. The van der Waals surface area contributed by atoms with Crippen molar-refractivity contribution < 1.29 is 14.7 Å². The van der Waals surface area contributed by atoms with E-state index in [0.29, 0.717) is 40.4 Å². The number of fused-ring (bicyclic) bond motifs is 1. The standard InChI is InChI=1S/C24H21ClN4O3/c1-14-13-28(9-10-29(14)24(31)32)23(30)18-7-8-19-20(11-18)27-22(15(2)21(19)25)17-5-3-16(12-26)4-6-17/h3-8,11,14H,9-10,13H2,1-2H3,(H,31,32)/t14-/m1/s1. The number of aromatic nitrogens is 1. The fourth-order valence-corrected chi connectivity index (χ4v) is 4.29. The Labute approximate surface area is 190 Å². The Morgan fingerprint density at radius 3 is 2.53 bits per heavy atom. The van der Waals surface area contributed by atoms with Gasteiger partial charge in [-0.15, -0.1) is 0 Å². The molecule has 2 aromatic carbocycles. The second-order valence-electron chi connectivity index (χ2n) is 7.90. The molecule has 2 heterocycles. The van der Waals surface area contributed by atoms with E-state index in [4.69, 9.17) is 21.8 Å². The molecule has 162 valence electrons. The van der Waals surface area contributed by atoms with Crippen molar-refractivity contribution >= 4 is 34.5 Å². The number of hydrogen-bond acceptors (Lipinski definition) is 4. The van der Waals surface area contributed by atoms with Gasteiger partial charge in [0.2, 0.25) is 0 Å². The van der Waals surface area contributed by atoms with Gasteiger partial charge in [-0.05, 0) is 43.7 Å². The van der Waals surface area contributed by atoms with E-state index in [0.717, 1.165) is 16.5 Å². The van der Waals surface area contributed by atoms with Gasteiger partial charge in [0.05, 0.1) is 27.9 Å². The van der Waals surface area contributed by atoms with E-state index >= 15 is 0 Å². The highest BCUT2D eigenvalue weighted by Crippen LogP contribution is 2.33. The minimum absolute atomic E-state index is 0.165. The second kappa shape index (κ2) is 8.48. The molecule has 8 heteroatoms. The summed E-state index contributed by atoms with van der Waals surface area (Å²) >= 11 is 6.64. The molecule has 32 heavy (non-hydrogen) atoms. The van der Waals surface area contributed by atoms with Crippen molar-refractivity contribution in [2.75, 3.05) is 19.6 Å². The van der Waals surface area contributed by atoms with E-state index in [-0.39, 0.29) is 18.5 Å². The Morgan fingerprint density at radius 1 is 1.19 bits per heavy atom. The zero-order valence-corrected chi connectivity index (χ0v) is 18.4. The van der Waals surface area contributed by atoms with Crippen LogP contribution in [0, 0.1) is 18.3 Å². The second-order valence-corrected chi connectivity index (χ2v) is 8.27. The third-order valence-electron chi connectivity index (χ3n) is 5.85. The zero-order valence-electron chi connectivity index (χ0n) is 17.7. The lowest BCUT2D eigenvalue weighted by Crippen LogP contribution is -2.55. The van der Waals surface area contributed by atoms with Crippen molar-refractivity contribution in [3.8, 4) is 17.3 Å². The first-order valence-corrected chi connectivity index (χ1v) is 10.6. The number of amides is 2. The summed E-state index contributed by atoms with van der Waals surface area (Å²) in [6.45, 7) is 4.64. The summed E-state index contributed by atoms with van der Waals surface area (Å²) in [6, 6.07) is 14.2. The molecule has 0 spiro atoms. The van der Waals surface area contributed by atoms with Crippen LogP contribution in [0.25, 0.3) is 22.2 Å². The van der Waals surface area contributed by atoms with Crippen molar-refractivity contribution in [1.29, 1.82) is 5.26 Å². The third kappa shape index (κ3) is 3.85. The molecule has 7 nitrogen and oxygen atoms in total. The molecule has 0 saturated carbocycles. The Morgan fingerprint density at radius 2 is 1.91 bits per heavy atom. The van der Waals surface area contributed by atoms with Crippen LogP contribution in [0.3, 0.4) is 0 Å². The van der Waals surface area contributed by atoms with Gasteiger partial charge >= 0.3 is 6.09 Å². The van der Waals surface area contributed by atoms with Crippen molar-refractivity contribution in [3.05, 3.63) is 64.2 Å². The first-order valence-electron chi connectivity index (χ1n) is 10.2. The fraction of sp³-hybridized carbons (Fsp3) is 0.250. The molecule has 1 aliphatic rings. The largest absolute Gasteiger partial charge is 0.465 e. The van der Waals surface area contributed by atoms with Crippen LogP contribution in [0.2, 0.25) is 5.02 Å². The van der Waals surface area contributed by atoms with Gasteiger partial charge in [-0.25, -0.2) is 9.78 Å². The van der Waals surface area contributed by atoms with Crippen LogP contribution in [0.15, 0.2) is 42.5 Å². The van der Waals surface area contributed by atoms with Gasteiger partial charge in [-0.3, -0.25) is 4.79 Å². The smallest absolute Gasteiger partial charge is 0.407 e. The molecule has 1 fully saturated rings. The molecule has 1 N–H and O–H groups in total. The van der Waals surface area contributed by atoms with Crippen molar-refractivity contribution in [1.82, 2.24) is 14.8 Å². The van der Waals surface area contributed by atoms with Gasteiger partial charge < -0.3 is 14.9 Å². The predicted molar refractivity (Wildman–Crippen MR) is 122 cm³/mol. The zero-order chi connectivity index (χ0) is 23.0. The van der Waals surface area contributed by atoms with Crippen LogP contribution in [0.4, 0.5) is 4.79 Å². The normalized spacial score (nSPS) is 16.1. The topological polar surface area (TPSA) is 97.5 Å². The predicted octanol–water partition coefficient (Wildman–Crippen LogP) is 4.56. The molecule has 0 unspecified atom stereocenters. The first kappa shape index (κ1) is 21.6. The molecule has 4 rings (SSSR count). The Balaban J connectivity index is 1.69. The van der Waals surface area contributed by atoms with E-state index in [1.54, 1.807) is 42.2 Å². The number of carbonyl (C=O) groups excluding carboxylic acids is 1. The van der Waals surface area contributed by atoms with Gasteiger partial charge in [0.1, 0.15) is 0 Å². The van der Waals surface area contributed by atoms with E-state index < -0.39 is 6.09 Å². The van der Waals surface area contributed by atoms with Crippen molar-refractivity contribution in [2.24, 2.45) is 0 Å². The summed E-state index contributed by atoms with van der Waals surface area (Å²) < 4.78 is 0. The molecule has 1 aliphatic heterocycles. The number of carbonyl (C=O) groups is 2. The lowest BCUT2D eigenvalue weighted by Gasteiger charge is -2.38. The van der Waals surface area contributed by atoms with Gasteiger partial charge in [-0.1, -0.05) is 29.8 Å². The number of halogens is 1. The fourth-order valence-electron chi connectivity index (χ4n) is 4.05. The first-order chi connectivity index (χ1) is 15.3. The highest BCUT2D eigenvalue weighted by Gasteiger charge is 2.30. The molecule has 0 radical (unpaired) electrons. The number of piperazine rings is 1. The lowest BCUT2D eigenvalue weighted by molar-refractivity contribution is 0.0507. The summed E-state index contributed by atoms with van der Waals surface area (Å²) in [5, 5.41) is 19.6. The van der Waals surface area contributed by atoms with Gasteiger partial charge in [-0.2, -0.15) is 5.26 Å². The van der Waals surface area contributed by atoms with Gasteiger partial charge in [0.15, 0.2) is 0 Å². The number of hydrogen-bond donors (Lipinski definition) is 1. The highest BCUT2D eigenvalue weighted by molar-refractivity contribution is 6.36. The quantitative estimate of drug-likeness (QED) is 0.619. The van der Waals surface area contributed by atoms with Crippen LogP contribution in [-0.4, -0.2) is 57.6 Å². The summed E-state index contributed by atoms with van der Waals surface area (Å²) in [7, 11) is 0. The number of carboxylic acid groups (broad SMARTS) is 1. The molecule has 1 aromatic heterocycles. The van der Waals surface area contributed by atoms with Gasteiger partial charge in [0.25, 0.3) is 5.91 Å². The van der Waals surface area contributed by atoms with Crippen molar-refractivity contribution in [2.45, 2.75) is 19.9 Å². The maximum absolute atomic E-state index is 13.1. The summed E-state index contributed by atoms with van der Waals surface area (Å²) in [5.41, 5.74) is 3.99. The molecule has 0 aliphatic carbocycles. The van der Waals surface area contributed by atoms with E-state index in [9.17, 15) is 14.7 Å². The summed E-state index contributed by atoms with van der Waals surface area (Å²) in [4.78, 5) is 32.2. The number of benzene rings is 2. The Kier molecular flexibility index (Phi) is 5.72. The number of nitrogens with zero attached hydrogens (tertiary/aromatic N) is 4. The maximum atomic E-state index is 13.1. The molecule has 1 atom stereocenters. The Bertz CT molecular complexity index is 1270. The van der Waals surface area contributed by atoms with Crippen LogP contribution < -0.4 is 0 Å². The molecule has 0 bridgehead atoms. The minimum Gasteiger partial charge on any atom is -0.465 e. The number of pyridine rings is 1. The number of nitriles is 1. The SMILES string of the molecule is Cc1c(-c2ccc(C#N)cc2)nc2cc(C(=O)N3CCN(C(=O)O)[C@H](C)C3)ccc2c1Cl. The molecular weight excluding hydrogens is 428 g/mol. The average molecular weight is 449 g/mol. The van der Waals surface area contributed by atoms with Crippen LogP contribution in [0.1, 0.15) is 28.4 Å². The lowest BCUT2D eigenvalue weighted by atomic mass is 10.0. The van der Waals surface area contributed by atoms with Crippen LogP contribution >= 0.6 is 11.6 Å². The average Bonchev–Trinajstić information content (AvgIpc) is 2.80. The van der Waals surface area contributed by atoms with E-state index in [2.05, 4.69) is 6.07 Å². The highest BCUT2D eigenvalue weighted by atomic mass is 35.5. The molecule has 3 aromatic rings. The van der Waals surface area contributed by atoms with Crippen molar-refractivity contribution in [3.63, 3.8) is 0 Å². The minimum atomic E-state index is -0.972. The van der Waals surface area contributed by atoms with Gasteiger partial charge in [0, 0.05) is 42.2 Å². The molecule has 2 amide bonds. The summed E-state index contributed by atoms with van der Waals surface area (Å²) in [5.74, 6) is -0.165. The summed E-state index contributed by atoms with van der Waals surface area (Å²) in [6.07, 6.45) is -0.972. The monoisotopic (exact) mass is 448 g/mol.